The maximum absolute atomic E-state index is 13.4. The minimum absolute atomic E-state index is 0.118. The van der Waals surface area contributed by atoms with Gasteiger partial charge in [-0.15, -0.1) is 0 Å². The number of hydrogen-bond acceptors (Lipinski definition) is 4. The molecule has 0 amide bonds. The van der Waals surface area contributed by atoms with Gasteiger partial charge in [-0.25, -0.2) is 4.39 Å². The summed E-state index contributed by atoms with van der Waals surface area (Å²) in [7, 11) is 0. The lowest BCUT2D eigenvalue weighted by Gasteiger charge is -2.32. The minimum atomic E-state index is -0.815. The number of nitro groups is 1. The van der Waals surface area contributed by atoms with Crippen molar-refractivity contribution in [3.63, 3.8) is 0 Å². The molecule has 0 aliphatic carbocycles. The smallest absolute Gasteiger partial charge is 0.303 e. The van der Waals surface area contributed by atoms with Gasteiger partial charge in [0.25, 0.3) is 5.69 Å². The standard InChI is InChI=1S/C13H15FN2O4/c14-10-6-11(8-12(7-10)16(19)20)15-3-1-9(2-4-15)5-13(17)18/h6-9H,1-5H2,(H,17,18). The highest BCUT2D eigenvalue weighted by Crippen LogP contribution is 2.28. The summed E-state index contributed by atoms with van der Waals surface area (Å²) in [5.74, 6) is -1.33. The Bertz CT molecular complexity index is 527. The fourth-order valence-electron chi connectivity index (χ4n) is 2.49. The van der Waals surface area contributed by atoms with Gasteiger partial charge < -0.3 is 10.0 Å². The van der Waals surface area contributed by atoms with Gasteiger partial charge in [-0.3, -0.25) is 14.9 Å². The molecule has 2 rings (SSSR count). The predicted molar refractivity (Wildman–Crippen MR) is 70.2 cm³/mol. The van der Waals surface area contributed by atoms with Crippen LogP contribution in [0.25, 0.3) is 0 Å². The SMILES string of the molecule is O=C(O)CC1CCN(c2cc(F)cc([N+](=O)[O-])c2)CC1. The number of benzene rings is 1. The molecule has 1 aliphatic rings. The average molecular weight is 282 g/mol. The van der Waals surface area contributed by atoms with E-state index in [1.54, 1.807) is 0 Å². The van der Waals surface area contributed by atoms with Gasteiger partial charge in [-0.05, 0) is 24.8 Å². The third kappa shape index (κ3) is 3.43. The van der Waals surface area contributed by atoms with Crippen LogP contribution in [-0.4, -0.2) is 29.1 Å². The van der Waals surface area contributed by atoms with Crippen molar-refractivity contribution in [2.45, 2.75) is 19.3 Å². The molecule has 20 heavy (non-hydrogen) atoms. The van der Waals surface area contributed by atoms with Gasteiger partial charge >= 0.3 is 5.97 Å². The summed E-state index contributed by atoms with van der Waals surface area (Å²) >= 11 is 0. The van der Waals surface area contributed by atoms with Crippen molar-refractivity contribution in [1.29, 1.82) is 0 Å². The Labute approximate surface area is 115 Å². The lowest BCUT2D eigenvalue weighted by atomic mass is 9.93. The van der Waals surface area contributed by atoms with Crippen molar-refractivity contribution in [2.75, 3.05) is 18.0 Å². The second kappa shape index (κ2) is 5.85. The van der Waals surface area contributed by atoms with Crippen LogP contribution in [-0.2, 0) is 4.79 Å². The molecule has 0 radical (unpaired) electrons. The quantitative estimate of drug-likeness (QED) is 0.677. The molecule has 0 spiro atoms. The molecule has 0 bridgehead atoms. The number of aliphatic carboxylic acids is 1. The van der Waals surface area contributed by atoms with Gasteiger partial charge in [0, 0.05) is 31.3 Å². The fourth-order valence-corrected chi connectivity index (χ4v) is 2.49. The van der Waals surface area contributed by atoms with Crippen molar-refractivity contribution in [3.8, 4) is 0 Å². The van der Waals surface area contributed by atoms with Gasteiger partial charge in [0.1, 0.15) is 5.82 Å². The maximum atomic E-state index is 13.4. The Morgan fingerprint density at radius 2 is 2.05 bits per heavy atom. The summed E-state index contributed by atoms with van der Waals surface area (Å²) in [5, 5.41) is 19.5. The van der Waals surface area contributed by atoms with Gasteiger partial charge in [-0.2, -0.15) is 0 Å². The zero-order valence-corrected chi connectivity index (χ0v) is 10.8. The number of halogens is 1. The van der Waals surface area contributed by atoms with Crippen LogP contribution in [0, 0.1) is 21.8 Å². The maximum Gasteiger partial charge on any atom is 0.303 e. The Hall–Kier alpha value is -2.18. The highest BCUT2D eigenvalue weighted by atomic mass is 19.1. The van der Waals surface area contributed by atoms with E-state index in [1.807, 2.05) is 4.90 Å². The highest BCUT2D eigenvalue weighted by Gasteiger charge is 2.23. The first kappa shape index (κ1) is 14.2. The van der Waals surface area contributed by atoms with Gasteiger partial charge in [0.2, 0.25) is 0 Å². The van der Waals surface area contributed by atoms with Crippen molar-refractivity contribution in [3.05, 3.63) is 34.1 Å². The summed E-state index contributed by atoms with van der Waals surface area (Å²) in [6, 6.07) is 3.51. The lowest BCUT2D eigenvalue weighted by Crippen LogP contribution is -2.34. The molecule has 1 aromatic carbocycles. The molecule has 1 saturated heterocycles. The van der Waals surface area contributed by atoms with E-state index in [2.05, 4.69) is 0 Å². The summed E-state index contributed by atoms with van der Waals surface area (Å²) in [6.45, 7) is 1.16. The second-order valence-electron chi connectivity index (χ2n) is 4.95. The summed E-state index contributed by atoms with van der Waals surface area (Å²) < 4.78 is 13.4. The van der Waals surface area contributed by atoms with Crippen LogP contribution < -0.4 is 4.90 Å². The third-order valence-corrected chi connectivity index (χ3v) is 3.52. The predicted octanol–water partition coefficient (Wildman–Crippen LogP) is 2.43. The summed E-state index contributed by atoms with van der Waals surface area (Å²) in [4.78, 5) is 22.6. The molecule has 1 aromatic rings. The number of anilines is 1. The number of carboxylic acids is 1. The van der Waals surface area contributed by atoms with E-state index in [0.29, 0.717) is 31.6 Å². The van der Waals surface area contributed by atoms with Crippen molar-refractivity contribution >= 4 is 17.3 Å². The first-order valence-electron chi connectivity index (χ1n) is 6.37. The molecular weight excluding hydrogens is 267 g/mol. The van der Waals surface area contributed by atoms with E-state index in [9.17, 15) is 19.3 Å². The van der Waals surface area contributed by atoms with Crippen LogP contribution in [0.15, 0.2) is 18.2 Å². The van der Waals surface area contributed by atoms with Crippen molar-refractivity contribution in [1.82, 2.24) is 0 Å². The molecule has 0 atom stereocenters. The van der Waals surface area contributed by atoms with Crippen molar-refractivity contribution < 1.29 is 19.2 Å². The minimum Gasteiger partial charge on any atom is -0.481 e. The number of nitrogens with zero attached hydrogens (tertiary/aromatic N) is 2. The fraction of sp³-hybridized carbons (Fsp3) is 0.462. The number of carbonyl (C=O) groups is 1. The van der Waals surface area contributed by atoms with Crippen LogP contribution in [0.5, 0.6) is 0 Å². The number of carboxylic acid groups (broad SMARTS) is 1. The first-order chi connectivity index (χ1) is 9.45. The summed E-state index contributed by atoms with van der Waals surface area (Å²) in [6.07, 6.45) is 1.52. The van der Waals surface area contributed by atoms with Crippen LogP contribution in [0.4, 0.5) is 15.8 Å². The molecule has 1 fully saturated rings. The van der Waals surface area contributed by atoms with Gasteiger partial charge in [-0.1, -0.05) is 0 Å². The Morgan fingerprint density at radius 1 is 1.40 bits per heavy atom. The lowest BCUT2D eigenvalue weighted by molar-refractivity contribution is -0.385. The molecular formula is C13H15FN2O4. The van der Waals surface area contributed by atoms with E-state index in [-0.39, 0.29) is 18.0 Å². The zero-order valence-electron chi connectivity index (χ0n) is 10.8. The molecule has 108 valence electrons. The van der Waals surface area contributed by atoms with E-state index in [1.165, 1.54) is 12.1 Å². The molecule has 1 heterocycles. The average Bonchev–Trinajstić information content (AvgIpc) is 2.38. The molecule has 0 saturated carbocycles. The second-order valence-corrected chi connectivity index (χ2v) is 4.95. The van der Waals surface area contributed by atoms with E-state index >= 15 is 0 Å². The van der Waals surface area contributed by atoms with Crippen LogP contribution in [0.3, 0.4) is 0 Å². The first-order valence-corrected chi connectivity index (χ1v) is 6.37. The zero-order chi connectivity index (χ0) is 14.7. The molecule has 0 unspecified atom stereocenters. The normalized spacial score (nSPS) is 16.1. The van der Waals surface area contributed by atoms with E-state index in [0.717, 1.165) is 6.07 Å². The highest BCUT2D eigenvalue weighted by molar-refractivity contribution is 5.67. The monoisotopic (exact) mass is 282 g/mol. The van der Waals surface area contributed by atoms with Gasteiger partial charge in [0.05, 0.1) is 11.0 Å². The Balaban J connectivity index is 2.07. The molecule has 1 N–H and O–H groups in total. The van der Waals surface area contributed by atoms with Crippen LogP contribution in [0.1, 0.15) is 19.3 Å². The topological polar surface area (TPSA) is 83.7 Å². The van der Waals surface area contributed by atoms with E-state index in [4.69, 9.17) is 5.11 Å². The third-order valence-electron chi connectivity index (χ3n) is 3.52. The van der Waals surface area contributed by atoms with Crippen LogP contribution >= 0.6 is 0 Å². The molecule has 1 aliphatic heterocycles. The molecule has 7 heteroatoms. The number of non-ortho nitro benzene ring substituents is 1. The van der Waals surface area contributed by atoms with Crippen LogP contribution in [0.2, 0.25) is 0 Å². The largest absolute Gasteiger partial charge is 0.481 e. The number of hydrogen-bond donors (Lipinski definition) is 1. The number of piperidine rings is 1. The summed E-state index contributed by atoms with van der Waals surface area (Å²) in [5.41, 5.74) is 0.207. The molecule has 6 nitrogen and oxygen atoms in total. The van der Waals surface area contributed by atoms with Crippen molar-refractivity contribution in [2.24, 2.45) is 5.92 Å². The molecule has 0 aromatic heterocycles. The number of rotatable bonds is 4. The van der Waals surface area contributed by atoms with E-state index < -0.39 is 16.7 Å². The Morgan fingerprint density at radius 3 is 2.60 bits per heavy atom. The van der Waals surface area contributed by atoms with Gasteiger partial charge in [0.15, 0.2) is 0 Å². The Kier molecular flexibility index (Phi) is 4.16. The number of nitro benzene ring substituents is 1.